The van der Waals surface area contributed by atoms with E-state index in [0.717, 1.165) is 30.2 Å². The molecular weight excluding hydrogens is 428 g/mol. The van der Waals surface area contributed by atoms with E-state index >= 15 is 0 Å². The quantitative estimate of drug-likeness (QED) is 0.502. The standard InChI is InChI=1S/C24H21F2N5O2/c1-27-23(32)19-3-2-15(11-28-19)14-4-6-30(7-5-14)12-16-8-20-21(10-18(16)26)31-13-17(25)9-22(31)24(33)29-20/h2-4,8-11,13H,5-7,12H2,1H3,(H,27,32)(H,29,33). The van der Waals surface area contributed by atoms with Crippen molar-refractivity contribution < 1.29 is 13.6 Å². The number of pyridine rings is 1. The average molecular weight is 449 g/mol. The molecule has 168 valence electrons. The number of fused-ring (bicyclic) bond motifs is 3. The van der Waals surface area contributed by atoms with Crippen LogP contribution in [0.5, 0.6) is 0 Å². The zero-order valence-corrected chi connectivity index (χ0v) is 17.9. The Kier molecular flexibility index (Phi) is 5.26. The number of H-pyrrole nitrogens is 1. The number of hydrogen-bond donors (Lipinski definition) is 2. The highest BCUT2D eigenvalue weighted by Crippen LogP contribution is 2.25. The van der Waals surface area contributed by atoms with Gasteiger partial charge in [-0.25, -0.2) is 8.78 Å². The van der Waals surface area contributed by atoms with E-state index < -0.39 is 17.2 Å². The Bertz CT molecular complexity index is 1470. The normalized spacial score (nSPS) is 14.6. The lowest BCUT2D eigenvalue weighted by molar-refractivity contribution is 0.0958. The first-order valence-corrected chi connectivity index (χ1v) is 10.5. The van der Waals surface area contributed by atoms with Crippen LogP contribution in [0.4, 0.5) is 8.78 Å². The number of carbonyl (C=O) groups is 1. The Morgan fingerprint density at radius 3 is 2.76 bits per heavy atom. The van der Waals surface area contributed by atoms with Gasteiger partial charge in [-0.05, 0) is 29.7 Å². The zero-order valence-electron chi connectivity index (χ0n) is 17.9. The van der Waals surface area contributed by atoms with Crippen LogP contribution in [0.3, 0.4) is 0 Å². The van der Waals surface area contributed by atoms with Gasteiger partial charge in [-0.15, -0.1) is 0 Å². The summed E-state index contributed by atoms with van der Waals surface area (Å²) in [5.74, 6) is -1.19. The van der Waals surface area contributed by atoms with E-state index in [-0.39, 0.29) is 11.4 Å². The maximum atomic E-state index is 14.9. The highest BCUT2D eigenvalue weighted by molar-refractivity contribution is 5.92. The third-order valence-corrected chi connectivity index (χ3v) is 5.97. The Labute approximate surface area is 187 Å². The fourth-order valence-electron chi connectivity index (χ4n) is 4.22. The molecule has 1 amide bonds. The molecule has 3 aromatic heterocycles. The number of hydrogen-bond acceptors (Lipinski definition) is 4. The molecule has 0 bridgehead atoms. The Morgan fingerprint density at radius 2 is 2.06 bits per heavy atom. The molecule has 7 nitrogen and oxygen atoms in total. The van der Waals surface area contributed by atoms with Crippen molar-refractivity contribution in [2.45, 2.75) is 13.0 Å². The van der Waals surface area contributed by atoms with Crippen molar-refractivity contribution in [3.63, 3.8) is 0 Å². The summed E-state index contributed by atoms with van der Waals surface area (Å²) >= 11 is 0. The van der Waals surface area contributed by atoms with Gasteiger partial charge in [0.25, 0.3) is 11.5 Å². The van der Waals surface area contributed by atoms with Crippen LogP contribution in [0.25, 0.3) is 22.1 Å². The van der Waals surface area contributed by atoms with Crippen molar-refractivity contribution in [1.29, 1.82) is 0 Å². The smallest absolute Gasteiger partial charge is 0.272 e. The fourth-order valence-corrected chi connectivity index (χ4v) is 4.22. The first kappa shape index (κ1) is 21.0. The minimum absolute atomic E-state index is 0.138. The predicted octanol–water partition coefficient (Wildman–Crippen LogP) is 3.10. The molecule has 0 spiro atoms. The third kappa shape index (κ3) is 3.91. The summed E-state index contributed by atoms with van der Waals surface area (Å²) in [6.07, 6.45) is 5.71. The number of halogens is 2. The molecule has 0 fully saturated rings. The lowest BCUT2D eigenvalue weighted by Crippen LogP contribution is -2.28. The lowest BCUT2D eigenvalue weighted by atomic mass is 10.0. The van der Waals surface area contributed by atoms with Crippen LogP contribution in [-0.4, -0.2) is 45.3 Å². The minimum Gasteiger partial charge on any atom is -0.354 e. The van der Waals surface area contributed by atoms with E-state index in [4.69, 9.17) is 0 Å². The zero-order chi connectivity index (χ0) is 23.1. The highest BCUT2D eigenvalue weighted by atomic mass is 19.1. The van der Waals surface area contributed by atoms with Crippen LogP contribution >= 0.6 is 0 Å². The van der Waals surface area contributed by atoms with E-state index in [9.17, 15) is 18.4 Å². The first-order chi connectivity index (χ1) is 15.9. The minimum atomic E-state index is -0.549. The van der Waals surface area contributed by atoms with Gasteiger partial charge in [-0.3, -0.25) is 19.5 Å². The summed E-state index contributed by atoms with van der Waals surface area (Å²) in [5.41, 5.74) is 3.48. The second kappa shape index (κ2) is 8.25. The van der Waals surface area contributed by atoms with E-state index in [1.165, 1.54) is 16.7 Å². The van der Waals surface area contributed by atoms with E-state index in [0.29, 0.717) is 35.4 Å². The molecule has 4 heterocycles. The van der Waals surface area contributed by atoms with Crippen LogP contribution < -0.4 is 10.9 Å². The number of nitrogens with one attached hydrogen (secondary N) is 2. The van der Waals surface area contributed by atoms with Crippen molar-refractivity contribution in [3.05, 3.63) is 87.6 Å². The molecule has 1 aliphatic rings. The molecule has 0 radical (unpaired) electrons. The summed E-state index contributed by atoms with van der Waals surface area (Å²) in [5, 5.41) is 2.55. The van der Waals surface area contributed by atoms with Gasteiger partial charge in [0.05, 0.1) is 11.0 Å². The van der Waals surface area contributed by atoms with Crippen molar-refractivity contribution in [3.8, 4) is 0 Å². The monoisotopic (exact) mass is 449 g/mol. The van der Waals surface area contributed by atoms with Crippen molar-refractivity contribution in [2.75, 3.05) is 20.1 Å². The van der Waals surface area contributed by atoms with Crippen LogP contribution in [0, 0.1) is 11.6 Å². The van der Waals surface area contributed by atoms with E-state index in [1.807, 2.05) is 6.07 Å². The molecule has 33 heavy (non-hydrogen) atoms. The molecule has 9 heteroatoms. The molecule has 0 saturated carbocycles. The van der Waals surface area contributed by atoms with Gasteiger partial charge in [0.2, 0.25) is 0 Å². The molecule has 2 N–H and O–H groups in total. The van der Waals surface area contributed by atoms with Gasteiger partial charge in [-0.1, -0.05) is 12.1 Å². The van der Waals surface area contributed by atoms with Gasteiger partial charge in [0, 0.05) is 56.8 Å². The molecule has 0 saturated heterocycles. The van der Waals surface area contributed by atoms with Gasteiger partial charge in [-0.2, -0.15) is 0 Å². The van der Waals surface area contributed by atoms with Crippen molar-refractivity contribution in [2.24, 2.45) is 0 Å². The predicted molar refractivity (Wildman–Crippen MR) is 121 cm³/mol. The Balaban J connectivity index is 1.36. The Hall–Kier alpha value is -3.85. The van der Waals surface area contributed by atoms with Gasteiger partial charge < -0.3 is 14.7 Å². The van der Waals surface area contributed by atoms with Crippen LogP contribution in [0.1, 0.15) is 28.0 Å². The molecule has 1 aromatic carbocycles. The van der Waals surface area contributed by atoms with Crippen LogP contribution in [0.15, 0.2) is 53.6 Å². The number of aromatic nitrogens is 3. The number of nitrogens with zero attached hydrogens (tertiary/aromatic N) is 3. The largest absolute Gasteiger partial charge is 0.354 e. The maximum Gasteiger partial charge on any atom is 0.272 e. The number of carbonyl (C=O) groups excluding carboxylic acids is 1. The summed E-state index contributed by atoms with van der Waals surface area (Å²) in [4.78, 5) is 32.9. The fraction of sp³-hybridized carbons (Fsp3) is 0.208. The second-order valence-corrected chi connectivity index (χ2v) is 8.05. The van der Waals surface area contributed by atoms with Gasteiger partial charge in [0.1, 0.15) is 22.8 Å². The molecule has 0 unspecified atom stereocenters. The molecule has 4 aromatic rings. The Morgan fingerprint density at radius 1 is 1.21 bits per heavy atom. The lowest BCUT2D eigenvalue weighted by Gasteiger charge is -2.26. The number of aromatic amines is 1. The molecule has 0 aliphatic carbocycles. The summed E-state index contributed by atoms with van der Waals surface area (Å²) in [6, 6.07) is 7.65. The van der Waals surface area contributed by atoms with E-state index in [2.05, 4.69) is 26.3 Å². The molecular formula is C24H21F2N5O2. The summed E-state index contributed by atoms with van der Waals surface area (Å²) < 4.78 is 29.9. The maximum absolute atomic E-state index is 14.9. The van der Waals surface area contributed by atoms with Gasteiger partial charge in [0.15, 0.2) is 0 Å². The highest BCUT2D eigenvalue weighted by Gasteiger charge is 2.17. The molecule has 5 rings (SSSR count). The number of amides is 1. The average Bonchev–Trinajstić information content (AvgIpc) is 3.23. The summed E-state index contributed by atoms with van der Waals surface area (Å²) in [7, 11) is 1.56. The first-order valence-electron chi connectivity index (χ1n) is 10.5. The van der Waals surface area contributed by atoms with Crippen molar-refractivity contribution >= 4 is 28.0 Å². The van der Waals surface area contributed by atoms with Gasteiger partial charge >= 0.3 is 0 Å². The topological polar surface area (TPSA) is 82.5 Å². The number of benzene rings is 1. The molecule has 1 aliphatic heterocycles. The van der Waals surface area contributed by atoms with Crippen LogP contribution in [-0.2, 0) is 6.54 Å². The number of rotatable bonds is 4. The third-order valence-electron chi connectivity index (χ3n) is 5.97. The SMILES string of the molecule is CNC(=O)c1ccc(C2=CCN(Cc3cc4[nH]c(=O)c5cc(F)cn5c4cc3F)CC2)cn1. The molecule has 0 atom stereocenters. The van der Waals surface area contributed by atoms with E-state index in [1.54, 1.807) is 25.4 Å². The van der Waals surface area contributed by atoms with Crippen molar-refractivity contribution in [1.82, 2.24) is 24.6 Å². The summed E-state index contributed by atoms with van der Waals surface area (Å²) in [6.45, 7) is 1.72. The van der Waals surface area contributed by atoms with Crippen LogP contribution in [0.2, 0.25) is 0 Å². The second-order valence-electron chi connectivity index (χ2n) is 8.05.